The van der Waals surface area contributed by atoms with Crippen LogP contribution in [0.2, 0.25) is 0 Å². The Morgan fingerprint density at radius 3 is 2.49 bits per heavy atom. The van der Waals surface area contributed by atoms with Crippen LogP contribution in [0.15, 0.2) is 54.3 Å². The van der Waals surface area contributed by atoms with E-state index in [1.165, 1.54) is 36.2 Å². The Kier molecular flexibility index (Phi) is 16.8. The number of halogens is 1. The molecule has 53 heavy (non-hydrogen) atoms. The van der Waals surface area contributed by atoms with Gasteiger partial charge in [0.2, 0.25) is 18.1 Å². The van der Waals surface area contributed by atoms with Gasteiger partial charge in [-0.1, -0.05) is 45.1 Å². The number of nitrogens with one attached hydrogen (secondary N) is 3. The van der Waals surface area contributed by atoms with Gasteiger partial charge in [-0.25, -0.2) is 9.82 Å². The van der Waals surface area contributed by atoms with Gasteiger partial charge >= 0.3 is 0 Å². The van der Waals surface area contributed by atoms with E-state index in [4.69, 9.17) is 4.74 Å². The van der Waals surface area contributed by atoms with E-state index < -0.39 is 77.9 Å². The molecule has 292 valence electrons. The maximum absolute atomic E-state index is 14.3. The molecule has 7 N–H and O–H groups in total. The number of amides is 3. The number of hydrogen-bond donors (Lipinski definition) is 7. The summed E-state index contributed by atoms with van der Waals surface area (Å²) in [6.45, 7) is 6.39. The fraction of sp³-hybridized carbons (Fsp3) is 0.553. The summed E-state index contributed by atoms with van der Waals surface area (Å²) in [5.41, 5.74) is 3.15. The molecule has 0 aromatic heterocycles. The zero-order chi connectivity index (χ0) is 39.2. The summed E-state index contributed by atoms with van der Waals surface area (Å²) < 4.78 is 20.1. The van der Waals surface area contributed by atoms with Gasteiger partial charge in [0.1, 0.15) is 35.7 Å². The van der Waals surface area contributed by atoms with Crippen LogP contribution in [0.3, 0.4) is 0 Å². The highest BCUT2D eigenvalue weighted by Gasteiger charge is 2.38. The van der Waals surface area contributed by atoms with E-state index in [9.17, 15) is 48.8 Å². The highest BCUT2D eigenvalue weighted by molar-refractivity contribution is 5.93. The van der Waals surface area contributed by atoms with Crippen LogP contribution in [0.4, 0.5) is 4.39 Å². The molecule has 0 aliphatic carbocycles. The quantitative estimate of drug-likeness (QED) is 0.191. The summed E-state index contributed by atoms with van der Waals surface area (Å²) >= 11 is 0. The largest absolute Gasteiger partial charge is 0.508 e. The van der Waals surface area contributed by atoms with Crippen LogP contribution >= 0.6 is 0 Å². The fourth-order valence-electron chi connectivity index (χ4n) is 6.21. The number of aliphatic hydroxyl groups excluding tert-OH is 3. The number of nitrogens with zero attached hydrogens (tertiary/aromatic N) is 1. The van der Waals surface area contributed by atoms with Gasteiger partial charge < -0.3 is 45.4 Å². The van der Waals surface area contributed by atoms with Gasteiger partial charge in [0.05, 0.1) is 29.9 Å². The summed E-state index contributed by atoms with van der Waals surface area (Å²) in [7, 11) is 0. The number of phenols is 1. The van der Waals surface area contributed by atoms with Gasteiger partial charge in [-0.05, 0) is 55.9 Å². The molecular formula is C38H53FN4O10. The summed E-state index contributed by atoms with van der Waals surface area (Å²) in [5, 5.41) is 49.9. The molecule has 8 unspecified atom stereocenters. The molecule has 15 heteroatoms. The molecule has 0 saturated carbocycles. The number of hydrazine groups is 1. The summed E-state index contributed by atoms with van der Waals surface area (Å²) in [4.78, 5) is 64.9. The van der Waals surface area contributed by atoms with Crippen LogP contribution in [-0.4, -0.2) is 98.4 Å². The molecule has 1 aromatic carbocycles. The Hall–Kier alpha value is -4.44. The minimum atomic E-state index is -1.46. The second-order valence-electron chi connectivity index (χ2n) is 14.0. The van der Waals surface area contributed by atoms with E-state index in [1.807, 2.05) is 0 Å². The van der Waals surface area contributed by atoms with Crippen LogP contribution in [0.5, 0.6) is 5.75 Å². The molecule has 3 rings (SSSR count). The second-order valence-corrected chi connectivity index (χ2v) is 14.0. The van der Waals surface area contributed by atoms with Crippen molar-refractivity contribution in [3.8, 4) is 5.75 Å². The third-order valence-electron chi connectivity index (χ3n) is 9.29. The van der Waals surface area contributed by atoms with E-state index in [0.29, 0.717) is 19.1 Å². The number of phenolic OH excluding ortho intramolecular Hbond substituents is 1. The predicted octanol–water partition coefficient (Wildman–Crippen LogP) is 1.86. The zero-order valence-electron chi connectivity index (χ0n) is 30.6. The van der Waals surface area contributed by atoms with Gasteiger partial charge in [0.15, 0.2) is 0 Å². The highest BCUT2D eigenvalue weighted by Crippen LogP contribution is 2.24. The number of carbonyl (C=O) groups excluding carboxylic acids is 5. The first kappa shape index (κ1) is 43.0. The predicted molar refractivity (Wildman–Crippen MR) is 192 cm³/mol. The van der Waals surface area contributed by atoms with Crippen molar-refractivity contribution >= 4 is 29.8 Å². The second kappa shape index (κ2) is 20.7. The molecule has 2 heterocycles. The van der Waals surface area contributed by atoms with Gasteiger partial charge in [-0.3, -0.25) is 19.4 Å². The number of hydrogen-bond acceptors (Lipinski definition) is 11. The number of aliphatic hydroxyl groups is 3. The summed E-state index contributed by atoms with van der Waals surface area (Å²) in [6.07, 6.45) is 4.87. The van der Waals surface area contributed by atoms with E-state index >= 15 is 0 Å². The van der Waals surface area contributed by atoms with E-state index in [-0.39, 0.29) is 61.5 Å². The number of benzene rings is 1. The van der Waals surface area contributed by atoms with E-state index in [1.54, 1.807) is 32.9 Å². The van der Waals surface area contributed by atoms with Crippen molar-refractivity contribution in [2.24, 2.45) is 17.8 Å². The number of carbonyl (C=O) groups is 5. The SMILES string of the molecule is CC(=O)CCC1C(=O)NC(C(C)C)C(=O)NC(Cc2cc(O)cc(F)c2)C(=O)N2CCCC(N2)C(O)O/C(=C\CC=O)CC=CC=CC(O)C(C)C1O. The third kappa shape index (κ3) is 13.2. The molecule has 2 aliphatic rings. The average molecular weight is 745 g/mol. The van der Waals surface area contributed by atoms with Crippen LogP contribution in [0.1, 0.15) is 71.8 Å². The number of aromatic hydroxyl groups is 1. The maximum atomic E-state index is 14.3. The Morgan fingerprint density at radius 1 is 1.09 bits per heavy atom. The van der Waals surface area contributed by atoms with Crippen molar-refractivity contribution in [2.45, 2.75) is 109 Å². The monoisotopic (exact) mass is 744 g/mol. The lowest BCUT2D eigenvalue weighted by molar-refractivity contribution is -0.150. The molecule has 1 saturated heterocycles. The Balaban J connectivity index is 2.06. The van der Waals surface area contributed by atoms with E-state index in [2.05, 4.69) is 16.1 Å². The molecule has 2 aliphatic heterocycles. The minimum Gasteiger partial charge on any atom is -0.508 e. The standard InChI is InChI=1S/C38H53FN4O10/c1-22(2)33-36(50)40-31(20-25-18-26(39)21-27(46)19-25)37(51)43-16-8-12-30(42-43)38(52)53-28(11-9-17-44)10-6-5-7-13-32(47)24(4)34(48)29(35(49)41-33)15-14-23(3)45/h5-7,11,13,17-19,21-22,24,29-34,38,42,46-48,52H,8-10,12,14-16,20H2,1-4H3,(H,40,50)(H,41,49)/b6-5?,13-7?,28-11-. The third-order valence-corrected chi connectivity index (χ3v) is 9.29. The molecule has 8 atom stereocenters. The minimum absolute atomic E-state index is 0.00924. The van der Waals surface area contributed by atoms with Gasteiger partial charge in [-0.15, -0.1) is 0 Å². The van der Waals surface area contributed by atoms with Gasteiger partial charge in [-0.2, -0.15) is 0 Å². The smallest absolute Gasteiger partial charge is 0.259 e. The van der Waals surface area contributed by atoms with Crippen LogP contribution < -0.4 is 16.1 Å². The average Bonchev–Trinajstić information content (AvgIpc) is 3.10. The summed E-state index contributed by atoms with van der Waals surface area (Å²) in [6, 6.07) is -0.114. The van der Waals surface area contributed by atoms with Crippen molar-refractivity contribution in [1.29, 1.82) is 0 Å². The molecule has 1 aromatic rings. The number of rotatable bonds is 8. The number of allylic oxidation sites excluding steroid dienone is 4. The molecule has 0 radical (unpaired) electrons. The lowest BCUT2D eigenvalue weighted by Gasteiger charge is -2.38. The van der Waals surface area contributed by atoms with Crippen LogP contribution in [0, 0.1) is 23.6 Å². The lowest BCUT2D eigenvalue weighted by Crippen LogP contribution is -2.62. The molecule has 3 amide bonds. The normalized spacial score (nSPS) is 29.1. The van der Waals surface area contributed by atoms with Crippen LogP contribution in [-0.2, 0) is 35.1 Å². The first-order chi connectivity index (χ1) is 25.1. The summed E-state index contributed by atoms with van der Waals surface area (Å²) in [5.74, 6) is -5.89. The number of aldehydes is 1. The Morgan fingerprint density at radius 2 is 1.83 bits per heavy atom. The fourth-order valence-corrected chi connectivity index (χ4v) is 6.21. The van der Waals surface area contributed by atoms with Crippen molar-refractivity contribution in [2.75, 3.05) is 6.54 Å². The molecule has 1 fully saturated rings. The van der Waals surface area contributed by atoms with Crippen LogP contribution in [0.25, 0.3) is 0 Å². The van der Waals surface area contributed by atoms with Crippen molar-refractivity contribution < 1.29 is 53.5 Å². The Labute approximate surface area is 309 Å². The van der Waals surface area contributed by atoms with Crippen molar-refractivity contribution in [3.05, 3.63) is 65.7 Å². The van der Waals surface area contributed by atoms with E-state index in [0.717, 1.165) is 12.1 Å². The number of fused-ring (bicyclic) bond motifs is 2. The molecule has 2 bridgehead atoms. The highest BCUT2D eigenvalue weighted by atomic mass is 19.1. The molecular weight excluding hydrogens is 691 g/mol. The Bertz CT molecular complexity index is 1510. The number of ketones is 1. The topological polar surface area (TPSA) is 215 Å². The zero-order valence-corrected chi connectivity index (χ0v) is 30.6. The van der Waals surface area contributed by atoms with Crippen molar-refractivity contribution in [1.82, 2.24) is 21.1 Å². The first-order valence-electron chi connectivity index (χ1n) is 17.9. The first-order valence-corrected chi connectivity index (χ1v) is 17.9. The number of ether oxygens (including phenoxy) is 1. The van der Waals surface area contributed by atoms with Gasteiger partial charge in [0, 0.05) is 44.2 Å². The van der Waals surface area contributed by atoms with Gasteiger partial charge in [0.25, 0.3) is 5.91 Å². The molecule has 14 nitrogen and oxygen atoms in total. The molecule has 0 spiro atoms. The van der Waals surface area contributed by atoms with Crippen molar-refractivity contribution in [3.63, 3.8) is 0 Å². The number of Topliss-reactive ketones (excluding diaryl/α,β-unsaturated/α-hetero) is 1. The maximum Gasteiger partial charge on any atom is 0.259 e. The lowest BCUT2D eigenvalue weighted by atomic mass is 9.84.